The van der Waals surface area contributed by atoms with E-state index in [0.717, 1.165) is 0 Å². The second-order valence-corrected chi connectivity index (χ2v) is 4.22. The average Bonchev–Trinajstić information content (AvgIpc) is 2.40. The number of hydrogen-bond acceptors (Lipinski definition) is 0. The zero-order valence-electron chi connectivity index (χ0n) is 12.2. The highest BCUT2D eigenvalue weighted by Gasteiger charge is 1.90. The van der Waals surface area contributed by atoms with Crippen molar-refractivity contribution in [2.45, 2.75) is 40.5 Å². The van der Waals surface area contributed by atoms with Crippen molar-refractivity contribution in [3.8, 4) is 0 Å². The van der Waals surface area contributed by atoms with E-state index >= 15 is 0 Å². The standard InChI is InChI=1S/C12H10.2C3H8/c1-2-10-7-8-11-5-3-4-6-12(11)9-10;2*1-3-2/h2-9H,1H2;2*3H2,1-2H3. The van der Waals surface area contributed by atoms with Crippen molar-refractivity contribution in [3.63, 3.8) is 0 Å². The zero-order chi connectivity index (χ0) is 13.8. The first kappa shape index (κ1) is 16.4. The summed E-state index contributed by atoms with van der Waals surface area (Å²) in [6, 6.07) is 14.7. The van der Waals surface area contributed by atoms with Crippen LogP contribution >= 0.6 is 0 Å². The smallest absolute Gasteiger partial charge is 0.0178 e. The first-order valence-electron chi connectivity index (χ1n) is 6.84. The van der Waals surface area contributed by atoms with Gasteiger partial charge in [0.25, 0.3) is 0 Å². The molecule has 0 fully saturated rings. The number of fused-ring (bicyclic) bond motifs is 1. The Labute approximate surface area is 112 Å². The summed E-state index contributed by atoms with van der Waals surface area (Å²) in [6.45, 7) is 12.2. The van der Waals surface area contributed by atoms with E-state index in [9.17, 15) is 0 Å². The van der Waals surface area contributed by atoms with Crippen molar-refractivity contribution in [2.75, 3.05) is 0 Å². The Bertz CT molecular complexity index is 438. The maximum absolute atomic E-state index is 3.74. The molecule has 0 bridgehead atoms. The van der Waals surface area contributed by atoms with Crippen molar-refractivity contribution < 1.29 is 0 Å². The lowest BCUT2D eigenvalue weighted by molar-refractivity contribution is 1.09. The summed E-state index contributed by atoms with van der Waals surface area (Å²) in [5, 5.41) is 2.55. The molecule has 18 heavy (non-hydrogen) atoms. The number of hydrogen-bond donors (Lipinski definition) is 0. The number of rotatable bonds is 1. The van der Waals surface area contributed by atoms with Crippen molar-refractivity contribution in [1.29, 1.82) is 0 Å². The molecule has 98 valence electrons. The Morgan fingerprint density at radius 3 is 1.83 bits per heavy atom. The second kappa shape index (κ2) is 10.6. The van der Waals surface area contributed by atoms with Crippen LogP contribution in [0.5, 0.6) is 0 Å². The normalized spacial score (nSPS) is 8.67. The monoisotopic (exact) mass is 242 g/mol. The van der Waals surface area contributed by atoms with Crippen LogP contribution in [0.25, 0.3) is 16.8 Å². The van der Waals surface area contributed by atoms with E-state index in [1.807, 2.05) is 6.08 Å². The predicted octanol–water partition coefficient (Wildman–Crippen LogP) is 6.32. The summed E-state index contributed by atoms with van der Waals surface area (Å²) >= 11 is 0. The summed E-state index contributed by atoms with van der Waals surface area (Å²) in [4.78, 5) is 0. The highest BCUT2D eigenvalue weighted by atomic mass is 14.0. The topological polar surface area (TPSA) is 0 Å². The molecular weight excluding hydrogens is 216 g/mol. The Morgan fingerprint density at radius 2 is 1.33 bits per heavy atom. The van der Waals surface area contributed by atoms with Gasteiger partial charge in [-0.2, -0.15) is 0 Å². The van der Waals surface area contributed by atoms with Gasteiger partial charge in [-0.15, -0.1) is 0 Å². The highest BCUT2D eigenvalue weighted by molar-refractivity contribution is 5.84. The fourth-order valence-corrected chi connectivity index (χ4v) is 1.33. The minimum Gasteiger partial charge on any atom is -0.0985 e. The number of benzene rings is 2. The van der Waals surface area contributed by atoms with Crippen molar-refractivity contribution >= 4 is 16.8 Å². The van der Waals surface area contributed by atoms with E-state index in [1.54, 1.807) is 0 Å². The van der Waals surface area contributed by atoms with Crippen LogP contribution < -0.4 is 0 Å². The summed E-state index contributed by atoms with van der Waals surface area (Å²) in [5.74, 6) is 0. The van der Waals surface area contributed by atoms with E-state index in [0.29, 0.717) is 0 Å². The largest absolute Gasteiger partial charge is 0.0985 e. The molecule has 0 heteroatoms. The molecule has 0 N–H and O–H groups in total. The maximum Gasteiger partial charge on any atom is -0.0178 e. The molecule has 0 radical (unpaired) electrons. The van der Waals surface area contributed by atoms with Crippen LogP contribution in [0.4, 0.5) is 0 Å². The predicted molar refractivity (Wildman–Crippen MR) is 86.0 cm³/mol. The zero-order valence-corrected chi connectivity index (χ0v) is 12.2. The van der Waals surface area contributed by atoms with Gasteiger partial charge in [0.15, 0.2) is 0 Å². The molecule has 0 saturated heterocycles. The fraction of sp³-hybridized carbons (Fsp3) is 0.333. The van der Waals surface area contributed by atoms with Crippen LogP contribution in [0, 0.1) is 0 Å². The third kappa shape index (κ3) is 6.24. The Balaban J connectivity index is 0.000000414. The lowest BCUT2D eigenvalue weighted by Crippen LogP contribution is -1.73. The van der Waals surface area contributed by atoms with Gasteiger partial charge >= 0.3 is 0 Å². The van der Waals surface area contributed by atoms with Gasteiger partial charge < -0.3 is 0 Å². The molecular formula is C18H26. The maximum atomic E-state index is 3.74. The third-order valence-electron chi connectivity index (χ3n) is 2.01. The fourth-order valence-electron chi connectivity index (χ4n) is 1.33. The van der Waals surface area contributed by atoms with Crippen LogP contribution in [-0.4, -0.2) is 0 Å². The molecule has 2 aromatic carbocycles. The average molecular weight is 242 g/mol. The summed E-state index contributed by atoms with van der Waals surface area (Å²) < 4.78 is 0. The summed E-state index contributed by atoms with van der Waals surface area (Å²) in [7, 11) is 0. The van der Waals surface area contributed by atoms with E-state index in [-0.39, 0.29) is 0 Å². The first-order chi connectivity index (χ1) is 8.73. The molecule has 0 heterocycles. The minimum atomic E-state index is 1.17. The van der Waals surface area contributed by atoms with Crippen LogP contribution in [0.3, 0.4) is 0 Å². The molecule has 0 nitrogen and oxygen atoms in total. The third-order valence-corrected chi connectivity index (χ3v) is 2.01. The van der Waals surface area contributed by atoms with Crippen LogP contribution in [-0.2, 0) is 0 Å². The molecule has 0 atom stereocenters. The van der Waals surface area contributed by atoms with Gasteiger partial charge in [0, 0.05) is 0 Å². The van der Waals surface area contributed by atoms with E-state index in [1.165, 1.54) is 29.2 Å². The van der Waals surface area contributed by atoms with Gasteiger partial charge in [0.05, 0.1) is 0 Å². The highest BCUT2D eigenvalue weighted by Crippen LogP contribution is 2.15. The lowest BCUT2D eigenvalue weighted by atomic mass is 10.1. The minimum absolute atomic E-state index is 1.17. The quantitative estimate of drug-likeness (QED) is 0.549. The molecule has 0 amide bonds. The lowest BCUT2D eigenvalue weighted by Gasteiger charge is -1.97. The van der Waals surface area contributed by atoms with Crippen molar-refractivity contribution in [1.82, 2.24) is 0 Å². The van der Waals surface area contributed by atoms with Crippen LogP contribution in [0.15, 0.2) is 49.0 Å². The molecule has 0 aromatic heterocycles. The Hall–Kier alpha value is -1.56. The van der Waals surface area contributed by atoms with Gasteiger partial charge in [0.2, 0.25) is 0 Å². The van der Waals surface area contributed by atoms with Gasteiger partial charge in [0.1, 0.15) is 0 Å². The molecule has 2 rings (SSSR count). The van der Waals surface area contributed by atoms with E-state index < -0.39 is 0 Å². The molecule has 0 aliphatic carbocycles. The summed E-state index contributed by atoms with van der Waals surface area (Å²) in [5.41, 5.74) is 1.17. The van der Waals surface area contributed by atoms with Crippen molar-refractivity contribution in [3.05, 3.63) is 54.6 Å². The second-order valence-electron chi connectivity index (χ2n) is 4.22. The van der Waals surface area contributed by atoms with Gasteiger partial charge in [-0.25, -0.2) is 0 Å². The Kier molecular flexibility index (Phi) is 9.67. The molecule has 2 aromatic rings. The van der Waals surface area contributed by atoms with Gasteiger partial charge in [-0.3, -0.25) is 0 Å². The molecule has 0 spiro atoms. The molecule has 0 aliphatic heterocycles. The molecule has 0 aliphatic rings. The SMILES string of the molecule is C=Cc1ccc2ccccc2c1.CCC.CCC. The molecule has 0 unspecified atom stereocenters. The van der Waals surface area contributed by atoms with Gasteiger partial charge in [-0.1, -0.05) is 89.6 Å². The summed E-state index contributed by atoms with van der Waals surface area (Å²) in [6.07, 6.45) is 4.37. The van der Waals surface area contributed by atoms with Crippen molar-refractivity contribution in [2.24, 2.45) is 0 Å². The van der Waals surface area contributed by atoms with E-state index in [2.05, 4.69) is 76.7 Å². The van der Waals surface area contributed by atoms with Gasteiger partial charge in [-0.05, 0) is 22.4 Å². The van der Waals surface area contributed by atoms with Crippen LogP contribution in [0.2, 0.25) is 0 Å². The van der Waals surface area contributed by atoms with Crippen LogP contribution in [0.1, 0.15) is 46.1 Å². The molecule has 0 saturated carbocycles. The first-order valence-corrected chi connectivity index (χ1v) is 6.84. The Morgan fingerprint density at radius 1 is 0.833 bits per heavy atom. The van der Waals surface area contributed by atoms with E-state index in [4.69, 9.17) is 0 Å².